The molecule has 1 N–H and O–H groups in total. The van der Waals surface area contributed by atoms with Crippen LogP contribution in [0, 0.1) is 5.92 Å². The maximum absolute atomic E-state index is 13.1. The Bertz CT molecular complexity index is 834. The molecule has 1 aromatic carbocycles. The van der Waals surface area contributed by atoms with E-state index in [4.69, 9.17) is 9.84 Å². The summed E-state index contributed by atoms with van der Waals surface area (Å²) in [6.07, 6.45) is 1.09. The summed E-state index contributed by atoms with van der Waals surface area (Å²) in [5.41, 5.74) is 0. The molecule has 0 spiro atoms. The third kappa shape index (κ3) is 4.13. The Hall–Kier alpha value is -1.78. The first-order chi connectivity index (χ1) is 13.2. The van der Waals surface area contributed by atoms with Gasteiger partial charge in [-0.05, 0) is 43.5 Å². The fraction of sp³-hybridized carbons (Fsp3) is 0.556. The van der Waals surface area contributed by atoms with Crippen LogP contribution < -0.4 is 4.74 Å². The number of aliphatic carboxylic acids is 1. The molecule has 2 unspecified atom stereocenters. The van der Waals surface area contributed by atoms with Crippen molar-refractivity contribution in [2.75, 3.05) is 26.7 Å². The van der Waals surface area contributed by atoms with Crippen LogP contribution in [0.2, 0.25) is 0 Å². The Morgan fingerprint density at radius 3 is 2.32 bits per heavy atom. The zero-order chi connectivity index (χ0) is 20.5. The van der Waals surface area contributed by atoms with E-state index in [1.807, 2.05) is 0 Å². The van der Waals surface area contributed by atoms with Gasteiger partial charge in [0.2, 0.25) is 15.9 Å². The van der Waals surface area contributed by atoms with Crippen molar-refractivity contribution in [1.82, 2.24) is 9.21 Å². The van der Waals surface area contributed by atoms with Gasteiger partial charge in [-0.15, -0.1) is 0 Å². The molecular weight excluding hydrogens is 404 g/mol. The van der Waals surface area contributed by atoms with E-state index in [0.29, 0.717) is 38.1 Å². The van der Waals surface area contributed by atoms with Gasteiger partial charge in [-0.1, -0.05) is 0 Å². The SMILES string of the molecule is COc1ccc(S(=O)(=O)N2CC(S)CC2C(=O)N2CCC(C(=O)O)CC2)cc1. The van der Waals surface area contributed by atoms with Crippen LogP contribution in [-0.4, -0.2) is 72.6 Å². The molecule has 28 heavy (non-hydrogen) atoms. The van der Waals surface area contributed by atoms with Crippen LogP contribution in [0.15, 0.2) is 29.2 Å². The number of thiol groups is 1. The van der Waals surface area contributed by atoms with Crippen molar-refractivity contribution in [3.8, 4) is 5.75 Å². The highest BCUT2D eigenvalue weighted by Crippen LogP contribution is 2.31. The number of likely N-dealkylation sites (tertiary alicyclic amines) is 1. The number of piperidine rings is 1. The number of sulfonamides is 1. The average Bonchev–Trinajstić information content (AvgIpc) is 3.10. The summed E-state index contributed by atoms with van der Waals surface area (Å²) in [4.78, 5) is 25.8. The standard InChI is InChI=1S/C18H24N2O6S2/c1-26-13-2-4-15(5-3-13)28(24,25)20-11-14(27)10-16(20)17(21)19-8-6-12(7-9-19)18(22)23/h2-5,12,14,16,27H,6-11H2,1H3,(H,22,23). The van der Waals surface area contributed by atoms with Gasteiger partial charge in [0.05, 0.1) is 17.9 Å². The van der Waals surface area contributed by atoms with Gasteiger partial charge in [-0.2, -0.15) is 16.9 Å². The van der Waals surface area contributed by atoms with E-state index in [-0.39, 0.29) is 22.6 Å². The zero-order valence-corrected chi connectivity index (χ0v) is 17.2. The lowest BCUT2D eigenvalue weighted by atomic mass is 9.96. The number of hydrogen-bond acceptors (Lipinski definition) is 6. The van der Waals surface area contributed by atoms with E-state index < -0.39 is 28.0 Å². The molecule has 2 saturated heterocycles. The van der Waals surface area contributed by atoms with Gasteiger partial charge in [0.15, 0.2) is 0 Å². The average molecular weight is 429 g/mol. The lowest BCUT2D eigenvalue weighted by molar-refractivity contribution is -0.146. The Labute approximate surface area is 169 Å². The molecule has 3 rings (SSSR count). The minimum atomic E-state index is -3.87. The summed E-state index contributed by atoms with van der Waals surface area (Å²) in [7, 11) is -2.37. The fourth-order valence-corrected chi connectivity index (χ4v) is 5.84. The molecule has 1 aromatic rings. The second kappa shape index (κ2) is 8.30. The molecule has 2 aliphatic heterocycles. The summed E-state index contributed by atoms with van der Waals surface area (Å²) in [5.74, 6) is -1.05. The fourth-order valence-electron chi connectivity index (χ4n) is 3.72. The van der Waals surface area contributed by atoms with E-state index >= 15 is 0 Å². The van der Waals surface area contributed by atoms with Crippen LogP contribution in [0.1, 0.15) is 19.3 Å². The first-order valence-electron chi connectivity index (χ1n) is 9.09. The number of nitrogens with zero attached hydrogens (tertiary/aromatic N) is 2. The monoisotopic (exact) mass is 428 g/mol. The highest BCUT2D eigenvalue weighted by Gasteiger charge is 2.45. The molecule has 2 atom stereocenters. The lowest BCUT2D eigenvalue weighted by Gasteiger charge is -2.34. The molecule has 0 aromatic heterocycles. The van der Waals surface area contributed by atoms with E-state index in [1.54, 1.807) is 17.0 Å². The molecular formula is C18H24N2O6S2. The van der Waals surface area contributed by atoms with Crippen LogP contribution in [0.3, 0.4) is 0 Å². The van der Waals surface area contributed by atoms with E-state index in [2.05, 4.69) is 12.6 Å². The number of carboxylic acid groups (broad SMARTS) is 1. The molecule has 2 aliphatic rings. The normalized spacial score (nSPS) is 24.3. The van der Waals surface area contributed by atoms with E-state index in [9.17, 15) is 18.0 Å². The highest BCUT2D eigenvalue weighted by atomic mass is 32.2. The third-order valence-electron chi connectivity index (χ3n) is 5.34. The van der Waals surface area contributed by atoms with Gasteiger partial charge >= 0.3 is 5.97 Å². The van der Waals surface area contributed by atoms with Gasteiger partial charge < -0.3 is 14.7 Å². The molecule has 2 heterocycles. The molecule has 2 fully saturated rings. The molecule has 0 radical (unpaired) electrons. The third-order valence-corrected chi connectivity index (χ3v) is 7.60. The van der Waals surface area contributed by atoms with Crippen molar-refractivity contribution in [2.24, 2.45) is 5.92 Å². The molecule has 0 saturated carbocycles. The Balaban J connectivity index is 1.78. The molecule has 10 heteroatoms. The van der Waals surface area contributed by atoms with Crippen LogP contribution in [0.4, 0.5) is 0 Å². The molecule has 154 valence electrons. The number of amides is 1. The lowest BCUT2D eigenvalue weighted by Crippen LogP contribution is -2.50. The van der Waals surface area contributed by atoms with Gasteiger partial charge in [0.1, 0.15) is 11.8 Å². The molecule has 0 aliphatic carbocycles. The van der Waals surface area contributed by atoms with Crippen molar-refractivity contribution < 1.29 is 27.9 Å². The Kier molecular flexibility index (Phi) is 6.21. The second-order valence-electron chi connectivity index (χ2n) is 7.09. The number of methoxy groups -OCH3 is 1. The summed E-state index contributed by atoms with van der Waals surface area (Å²) < 4.78 is 32.5. The number of hydrogen-bond donors (Lipinski definition) is 2. The number of carboxylic acids is 1. The number of ether oxygens (including phenoxy) is 1. The van der Waals surface area contributed by atoms with Gasteiger partial charge in [-0.25, -0.2) is 8.42 Å². The number of rotatable bonds is 5. The van der Waals surface area contributed by atoms with E-state index in [0.717, 1.165) is 0 Å². The molecule has 0 bridgehead atoms. The van der Waals surface area contributed by atoms with Crippen molar-refractivity contribution >= 4 is 34.5 Å². The predicted molar refractivity (Wildman–Crippen MR) is 105 cm³/mol. The van der Waals surface area contributed by atoms with Gasteiger partial charge in [0, 0.05) is 24.9 Å². The zero-order valence-electron chi connectivity index (χ0n) is 15.5. The Morgan fingerprint density at radius 1 is 1.18 bits per heavy atom. The van der Waals surface area contributed by atoms with Gasteiger partial charge in [-0.3, -0.25) is 9.59 Å². The maximum atomic E-state index is 13.1. The summed E-state index contributed by atoms with van der Waals surface area (Å²) in [6, 6.07) is 5.22. The van der Waals surface area contributed by atoms with Crippen LogP contribution in [-0.2, 0) is 19.6 Å². The van der Waals surface area contributed by atoms with Crippen molar-refractivity contribution in [2.45, 2.75) is 35.4 Å². The first kappa shape index (κ1) is 20.9. The van der Waals surface area contributed by atoms with Crippen molar-refractivity contribution in [3.63, 3.8) is 0 Å². The number of carbonyl (C=O) groups is 2. The van der Waals surface area contributed by atoms with Crippen molar-refractivity contribution in [3.05, 3.63) is 24.3 Å². The van der Waals surface area contributed by atoms with Crippen LogP contribution in [0.5, 0.6) is 5.75 Å². The van der Waals surface area contributed by atoms with Crippen LogP contribution in [0.25, 0.3) is 0 Å². The van der Waals surface area contributed by atoms with E-state index in [1.165, 1.54) is 23.5 Å². The summed E-state index contributed by atoms with van der Waals surface area (Å²) >= 11 is 4.41. The summed E-state index contributed by atoms with van der Waals surface area (Å²) in [6.45, 7) is 0.791. The Morgan fingerprint density at radius 2 is 1.79 bits per heavy atom. The van der Waals surface area contributed by atoms with Crippen LogP contribution >= 0.6 is 12.6 Å². The first-order valence-corrected chi connectivity index (χ1v) is 11.0. The number of benzene rings is 1. The molecule has 8 nitrogen and oxygen atoms in total. The smallest absolute Gasteiger partial charge is 0.306 e. The maximum Gasteiger partial charge on any atom is 0.306 e. The van der Waals surface area contributed by atoms with Gasteiger partial charge in [0.25, 0.3) is 0 Å². The second-order valence-corrected chi connectivity index (χ2v) is 9.71. The topological polar surface area (TPSA) is 104 Å². The predicted octanol–water partition coefficient (Wildman–Crippen LogP) is 1.08. The summed E-state index contributed by atoms with van der Waals surface area (Å²) in [5, 5.41) is 8.87. The minimum Gasteiger partial charge on any atom is -0.497 e. The highest BCUT2D eigenvalue weighted by molar-refractivity contribution is 7.89. The quantitative estimate of drug-likeness (QED) is 0.680. The number of carbonyl (C=O) groups excluding carboxylic acids is 1. The largest absolute Gasteiger partial charge is 0.497 e. The van der Waals surface area contributed by atoms with Crippen molar-refractivity contribution in [1.29, 1.82) is 0 Å². The molecule has 1 amide bonds. The minimum absolute atomic E-state index is 0.0955.